The lowest BCUT2D eigenvalue weighted by Crippen LogP contribution is -2.03. The summed E-state index contributed by atoms with van der Waals surface area (Å²) in [6.45, 7) is 0. The maximum absolute atomic E-state index is 6.60. The highest BCUT2D eigenvalue weighted by atomic mass is 16.5. The minimum atomic E-state index is 0.713. The highest BCUT2D eigenvalue weighted by Gasteiger charge is 2.25. The highest BCUT2D eigenvalue weighted by molar-refractivity contribution is 6.12. The maximum Gasteiger partial charge on any atom is 0.131 e. The van der Waals surface area contributed by atoms with Crippen LogP contribution in [0.1, 0.15) is 22.3 Å². The van der Waals surface area contributed by atoms with E-state index in [1.165, 1.54) is 65.0 Å². The van der Waals surface area contributed by atoms with Gasteiger partial charge in [-0.05, 0) is 111 Å². The molecule has 54 heavy (non-hydrogen) atoms. The van der Waals surface area contributed by atoms with Gasteiger partial charge in [-0.3, -0.25) is 0 Å². The molecule has 10 aromatic carbocycles. The molecule has 0 heterocycles. The zero-order valence-electron chi connectivity index (χ0n) is 30.4. The SMILES string of the molecule is COc1c(Cc2c3ccccc3cc3ccccc23)cc2ccccc2c1-c1c(OC)c(Cc2c3ccccc3cc3ccccc23)cc2ccccc12. The van der Waals surface area contributed by atoms with E-state index in [0.29, 0.717) is 12.8 Å². The number of fused-ring (bicyclic) bond motifs is 6. The molecule has 10 rings (SSSR count). The second kappa shape index (κ2) is 13.1. The van der Waals surface area contributed by atoms with Crippen molar-refractivity contribution in [2.75, 3.05) is 14.2 Å². The fourth-order valence-corrected chi connectivity index (χ4v) is 8.98. The van der Waals surface area contributed by atoms with Crippen molar-refractivity contribution in [1.82, 2.24) is 0 Å². The van der Waals surface area contributed by atoms with Crippen molar-refractivity contribution in [2.45, 2.75) is 12.8 Å². The average molecular weight is 695 g/mol. The molecule has 2 heteroatoms. The molecular formula is C52H38O2. The predicted molar refractivity (Wildman–Crippen MR) is 229 cm³/mol. The molecule has 10 aromatic rings. The molecule has 0 aliphatic carbocycles. The van der Waals surface area contributed by atoms with Crippen molar-refractivity contribution in [3.05, 3.63) is 192 Å². The Labute approximate surface area is 314 Å². The molecule has 0 unspecified atom stereocenters. The Morgan fingerprint density at radius 2 is 0.574 bits per heavy atom. The summed E-state index contributed by atoms with van der Waals surface area (Å²) < 4.78 is 13.2. The zero-order chi connectivity index (χ0) is 36.2. The van der Waals surface area contributed by atoms with Gasteiger partial charge in [0.05, 0.1) is 14.2 Å². The van der Waals surface area contributed by atoms with Crippen molar-refractivity contribution in [1.29, 1.82) is 0 Å². The Morgan fingerprint density at radius 1 is 0.315 bits per heavy atom. The van der Waals surface area contributed by atoms with Crippen LogP contribution in [0.4, 0.5) is 0 Å². The van der Waals surface area contributed by atoms with Gasteiger partial charge in [-0.15, -0.1) is 0 Å². The van der Waals surface area contributed by atoms with Crippen LogP contribution in [0.25, 0.3) is 75.8 Å². The van der Waals surface area contributed by atoms with E-state index < -0.39 is 0 Å². The van der Waals surface area contributed by atoms with E-state index in [9.17, 15) is 0 Å². The molecule has 0 fully saturated rings. The van der Waals surface area contributed by atoms with Crippen LogP contribution in [-0.2, 0) is 12.8 Å². The fraction of sp³-hybridized carbons (Fsp3) is 0.0769. The Bertz CT molecular complexity index is 2760. The van der Waals surface area contributed by atoms with Crippen LogP contribution in [0, 0.1) is 0 Å². The van der Waals surface area contributed by atoms with Crippen LogP contribution in [0.2, 0.25) is 0 Å². The molecule has 0 aliphatic rings. The first kappa shape index (κ1) is 32.0. The van der Waals surface area contributed by atoms with E-state index in [1.54, 1.807) is 0 Å². The van der Waals surface area contributed by atoms with E-state index in [0.717, 1.165) is 44.5 Å². The molecule has 0 spiro atoms. The van der Waals surface area contributed by atoms with E-state index in [4.69, 9.17) is 9.47 Å². The van der Waals surface area contributed by atoms with Crippen molar-refractivity contribution < 1.29 is 9.47 Å². The summed E-state index contributed by atoms with van der Waals surface area (Å²) in [6.07, 6.45) is 1.43. The highest BCUT2D eigenvalue weighted by Crippen LogP contribution is 2.50. The first-order valence-electron chi connectivity index (χ1n) is 18.7. The van der Waals surface area contributed by atoms with Crippen molar-refractivity contribution in [3.63, 3.8) is 0 Å². The van der Waals surface area contributed by atoms with Crippen molar-refractivity contribution in [2.24, 2.45) is 0 Å². The third-order valence-corrected chi connectivity index (χ3v) is 11.3. The molecule has 0 atom stereocenters. The molecule has 0 N–H and O–H groups in total. The van der Waals surface area contributed by atoms with E-state index in [2.05, 4.69) is 170 Å². The number of methoxy groups -OCH3 is 2. The molecule has 0 radical (unpaired) electrons. The van der Waals surface area contributed by atoms with Gasteiger partial charge in [0.25, 0.3) is 0 Å². The average Bonchev–Trinajstić information content (AvgIpc) is 3.22. The van der Waals surface area contributed by atoms with Crippen LogP contribution in [0.3, 0.4) is 0 Å². The first-order chi connectivity index (χ1) is 26.7. The second-order valence-electron chi connectivity index (χ2n) is 14.3. The Kier molecular flexibility index (Phi) is 7.77. The minimum absolute atomic E-state index is 0.713. The summed E-state index contributed by atoms with van der Waals surface area (Å²) in [5.74, 6) is 1.75. The van der Waals surface area contributed by atoms with Crippen LogP contribution in [-0.4, -0.2) is 14.2 Å². The number of benzene rings is 10. The predicted octanol–water partition coefficient (Wildman–Crippen LogP) is 13.5. The summed E-state index contributed by atoms with van der Waals surface area (Å²) in [5, 5.41) is 14.6. The lowest BCUT2D eigenvalue weighted by atomic mass is 9.85. The van der Waals surface area contributed by atoms with E-state index in [1.807, 2.05) is 14.2 Å². The van der Waals surface area contributed by atoms with E-state index >= 15 is 0 Å². The Hall–Kier alpha value is -6.64. The number of ether oxygens (including phenoxy) is 2. The summed E-state index contributed by atoms with van der Waals surface area (Å²) in [6, 6.07) is 61.7. The molecule has 0 aliphatic heterocycles. The van der Waals surface area contributed by atoms with Crippen molar-refractivity contribution >= 4 is 64.6 Å². The van der Waals surface area contributed by atoms with Gasteiger partial charge in [0, 0.05) is 24.0 Å². The molecule has 0 amide bonds. The second-order valence-corrected chi connectivity index (χ2v) is 14.3. The largest absolute Gasteiger partial charge is 0.496 e. The number of rotatable bonds is 7. The molecular weight excluding hydrogens is 657 g/mol. The lowest BCUT2D eigenvalue weighted by molar-refractivity contribution is 0.407. The van der Waals surface area contributed by atoms with Gasteiger partial charge in [0.1, 0.15) is 11.5 Å². The summed E-state index contributed by atoms with van der Waals surface area (Å²) in [5.41, 5.74) is 7.02. The topological polar surface area (TPSA) is 18.5 Å². The molecule has 2 nitrogen and oxygen atoms in total. The smallest absolute Gasteiger partial charge is 0.131 e. The zero-order valence-corrected chi connectivity index (χ0v) is 30.4. The lowest BCUT2D eigenvalue weighted by Gasteiger charge is -2.23. The maximum atomic E-state index is 6.60. The summed E-state index contributed by atoms with van der Waals surface area (Å²) in [7, 11) is 3.64. The quantitative estimate of drug-likeness (QED) is 0.155. The monoisotopic (exact) mass is 694 g/mol. The summed E-state index contributed by atoms with van der Waals surface area (Å²) >= 11 is 0. The molecule has 0 saturated carbocycles. The number of hydrogen-bond acceptors (Lipinski definition) is 2. The third-order valence-electron chi connectivity index (χ3n) is 11.3. The molecule has 258 valence electrons. The van der Waals surface area contributed by atoms with Crippen LogP contribution < -0.4 is 9.47 Å². The van der Waals surface area contributed by atoms with Gasteiger partial charge in [-0.1, -0.05) is 146 Å². The van der Waals surface area contributed by atoms with Gasteiger partial charge in [-0.25, -0.2) is 0 Å². The molecule has 0 saturated heterocycles. The Morgan fingerprint density at radius 3 is 0.870 bits per heavy atom. The van der Waals surface area contributed by atoms with Gasteiger partial charge in [-0.2, -0.15) is 0 Å². The van der Waals surface area contributed by atoms with Crippen LogP contribution in [0.15, 0.2) is 170 Å². The standard InChI is InChI=1S/C52H38O2/c1-53-51-39(31-47-41-21-9-3-15-33(41)27-34-16-4-10-22-42(34)47)29-37-19-7-13-25-45(37)49(51)50-46-26-14-8-20-38(46)30-40(52(50)54-2)32-48-43-23-11-5-17-35(43)28-36-18-6-12-24-44(36)48/h3-30H,31-32H2,1-2H3. The van der Waals surface area contributed by atoms with Crippen LogP contribution in [0.5, 0.6) is 11.5 Å². The fourth-order valence-electron chi connectivity index (χ4n) is 8.98. The summed E-state index contributed by atoms with van der Waals surface area (Å²) in [4.78, 5) is 0. The van der Waals surface area contributed by atoms with Gasteiger partial charge >= 0.3 is 0 Å². The van der Waals surface area contributed by atoms with Gasteiger partial charge in [0.15, 0.2) is 0 Å². The normalized spacial score (nSPS) is 11.7. The minimum Gasteiger partial charge on any atom is -0.496 e. The van der Waals surface area contributed by atoms with Crippen LogP contribution >= 0.6 is 0 Å². The van der Waals surface area contributed by atoms with Gasteiger partial charge < -0.3 is 9.47 Å². The number of hydrogen-bond donors (Lipinski definition) is 0. The molecule has 0 aromatic heterocycles. The van der Waals surface area contributed by atoms with E-state index in [-0.39, 0.29) is 0 Å². The molecule has 0 bridgehead atoms. The van der Waals surface area contributed by atoms with Crippen molar-refractivity contribution in [3.8, 4) is 22.6 Å². The third kappa shape index (κ3) is 5.17. The Balaban J connectivity index is 1.27. The first-order valence-corrected chi connectivity index (χ1v) is 18.7. The van der Waals surface area contributed by atoms with Gasteiger partial charge in [0.2, 0.25) is 0 Å².